The molecule has 0 unspecified atom stereocenters. The van der Waals surface area contributed by atoms with Crippen LogP contribution in [0.2, 0.25) is 0 Å². The van der Waals surface area contributed by atoms with Crippen LogP contribution in [0.25, 0.3) is 120 Å². The van der Waals surface area contributed by atoms with Gasteiger partial charge in [0.05, 0.1) is 9.60 Å². The van der Waals surface area contributed by atoms with E-state index in [1.165, 1.54) is 21.5 Å². The summed E-state index contributed by atoms with van der Waals surface area (Å²) < 4.78 is 118. The number of rotatable bonds is 4. The van der Waals surface area contributed by atoms with Crippen LogP contribution in [-0.2, 0) is 5.41 Å². The normalized spacial score (nSPS) is 17.0. The molecule has 12 aromatic rings. The fourth-order valence-corrected chi connectivity index (χ4v) is 9.84. The highest BCUT2D eigenvalue weighted by Gasteiger charge is 2.35. The molecule has 0 saturated heterocycles. The Morgan fingerprint density at radius 3 is 1.44 bits per heavy atom. The molecule has 0 aromatic heterocycles. The van der Waals surface area contributed by atoms with E-state index in [0.717, 1.165) is 65.3 Å². The first-order chi connectivity index (χ1) is 34.4. The molecule has 0 spiro atoms. The molecular formula is C59H38. The molecule has 0 heterocycles. The van der Waals surface area contributed by atoms with Gasteiger partial charge in [-0.15, -0.1) is 0 Å². The Bertz CT molecular complexity index is 4270. The molecule has 0 bridgehead atoms. The summed E-state index contributed by atoms with van der Waals surface area (Å²) in [7, 11) is 0. The summed E-state index contributed by atoms with van der Waals surface area (Å²) in [6.07, 6.45) is 0. The number of fused-ring (bicyclic) bond motifs is 3. The third-order valence-corrected chi connectivity index (χ3v) is 12.6. The lowest BCUT2D eigenvalue weighted by Gasteiger charge is -2.22. The third-order valence-electron chi connectivity index (χ3n) is 12.6. The molecule has 274 valence electrons. The van der Waals surface area contributed by atoms with Gasteiger partial charge in [-0.25, -0.2) is 0 Å². The summed E-state index contributed by atoms with van der Waals surface area (Å²) in [5, 5.41) is 13.3. The van der Waals surface area contributed by atoms with Crippen molar-refractivity contribution in [3.63, 3.8) is 0 Å². The molecule has 12 aromatic carbocycles. The molecule has 0 N–H and O–H groups in total. The largest absolute Gasteiger partial charge is 0.0633 e. The van der Waals surface area contributed by atoms with E-state index in [-0.39, 0.29) is 11.1 Å². The first-order valence-electron chi connectivity index (χ1n) is 26.3. The van der Waals surface area contributed by atoms with Gasteiger partial charge in [-0.1, -0.05) is 183 Å². The van der Waals surface area contributed by atoms with Gasteiger partial charge >= 0.3 is 0 Å². The topological polar surface area (TPSA) is 0 Å². The van der Waals surface area contributed by atoms with Crippen molar-refractivity contribution in [1.82, 2.24) is 0 Å². The first-order valence-corrected chi connectivity index (χ1v) is 19.8. The van der Waals surface area contributed by atoms with E-state index in [4.69, 9.17) is 13.7 Å². The summed E-state index contributed by atoms with van der Waals surface area (Å²) in [5.41, 5.74) is -0.448. The predicted octanol–water partition coefficient (Wildman–Crippen LogP) is 16.5. The quantitative estimate of drug-likeness (QED) is 0.157. The van der Waals surface area contributed by atoms with E-state index in [9.17, 15) is 4.11 Å². The van der Waals surface area contributed by atoms with Crippen LogP contribution >= 0.6 is 0 Å². The number of hydrogen-bond donors (Lipinski definition) is 0. The SMILES string of the molecule is [2H]c1c([2H])c([2H])c2c(c1[2H])-c1c([2H])c([2H])c(-c3cc(-c4ccc(-c5ccc6ccc7cccc8ccc5c6c78)cc4)cc(-c4ccc5ccc6cccc7ccc4c5c67)c3)c([2H])c1C2(C([2H])([2H])[2H])C([2H])([2H])[2H]. The fraction of sp³-hybridized carbons (Fsp3) is 0.0508. The van der Waals surface area contributed by atoms with Gasteiger partial charge in [0.1, 0.15) is 0 Å². The molecule has 0 radical (unpaired) electrons. The molecule has 1 aliphatic rings. The summed E-state index contributed by atoms with van der Waals surface area (Å²) >= 11 is 0. The molecule has 0 amide bonds. The van der Waals surface area contributed by atoms with Crippen molar-refractivity contribution in [2.24, 2.45) is 0 Å². The summed E-state index contributed by atoms with van der Waals surface area (Å²) in [6.45, 7) is -7.05. The molecule has 0 fully saturated rings. The highest BCUT2D eigenvalue weighted by molar-refractivity contribution is 6.26. The first kappa shape index (κ1) is 22.6. The highest BCUT2D eigenvalue weighted by atomic mass is 14.4. The fourth-order valence-electron chi connectivity index (χ4n) is 9.84. The molecule has 1 aliphatic carbocycles. The van der Waals surface area contributed by atoms with Crippen molar-refractivity contribution >= 4 is 64.6 Å². The second-order valence-corrected chi connectivity index (χ2v) is 15.8. The average molecular weight is 760 g/mol. The van der Waals surface area contributed by atoms with E-state index in [1.807, 2.05) is 30.3 Å². The summed E-state index contributed by atoms with van der Waals surface area (Å²) in [4.78, 5) is 0. The van der Waals surface area contributed by atoms with E-state index in [2.05, 4.69) is 109 Å². The third kappa shape index (κ3) is 4.66. The predicted molar refractivity (Wildman–Crippen MR) is 253 cm³/mol. The minimum atomic E-state index is -3.52. The molecule has 13 rings (SSSR count). The van der Waals surface area contributed by atoms with Crippen molar-refractivity contribution in [3.05, 3.63) is 205 Å². The van der Waals surface area contributed by atoms with Gasteiger partial charge in [-0.3, -0.25) is 0 Å². The van der Waals surface area contributed by atoms with Gasteiger partial charge < -0.3 is 0 Å². The van der Waals surface area contributed by atoms with Crippen molar-refractivity contribution in [2.45, 2.75) is 19.1 Å². The molecule has 0 atom stereocenters. The molecule has 0 heteroatoms. The maximum Gasteiger partial charge on any atom is 0.0633 e. The number of hydrogen-bond acceptors (Lipinski definition) is 0. The van der Waals surface area contributed by atoms with Gasteiger partial charge in [-0.2, -0.15) is 0 Å². The molecule has 0 nitrogen and oxygen atoms in total. The maximum atomic E-state index is 10.0. The molecule has 0 aliphatic heterocycles. The molecular weight excluding hydrogens is 709 g/mol. The monoisotopic (exact) mass is 759 g/mol. The molecule has 0 saturated carbocycles. The lowest BCUT2D eigenvalue weighted by molar-refractivity contribution is 0.660. The lowest BCUT2D eigenvalue weighted by Crippen LogP contribution is -2.14. The van der Waals surface area contributed by atoms with Crippen LogP contribution in [0.5, 0.6) is 0 Å². The van der Waals surface area contributed by atoms with E-state index in [0.29, 0.717) is 11.1 Å². The second kappa shape index (κ2) is 11.9. The Hall–Kier alpha value is -7.28. The Labute approximate surface area is 361 Å². The lowest BCUT2D eigenvalue weighted by atomic mass is 9.81. The van der Waals surface area contributed by atoms with Gasteiger partial charge in [0.2, 0.25) is 0 Å². The zero-order chi connectivity index (χ0) is 50.1. The zero-order valence-corrected chi connectivity index (χ0v) is 31.4. The van der Waals surface area contributed by atoms with Crippen LogP contribution < -0.4 is 0 Å². The molecule has 59 heavy (non-hydrogen) atoms. The van der Waals surface area contributed by atoms with E-state index < -0.39 is 83.7 Å². The van der Waals surface area contributed by atoms with Crippen molar-refractivity contribution < 1.29 is 17.8 Å². The van der Waals surface area contributed by atoms with Crippen LogP contribution in [0.1, 0.15) is 42.7 Å². The van der Waals surface area contributed by atoms with Gasteiger partial charge in [-0.05, 0) is 156 Å². The minimum absolute atomic E-state index is 0.203. The smallest absolute Gasteiger partial charge is 0.0619 e. The highest BCUT2D eigenvalue weighted by Crippen LogP contribution is 2.50. The van der Waals surface area contributed by atoms with Gasteiger partial charge in [0.15, 0.2) is 0 Å². The van der Waals surface area contributed by atoms with Crippen LogP contribution in [0.4, 0.5) is 0 Å². The van der Waals surface area contributed by atoms with Crippen LogP contribution in [0, 0.1) is 0 Å². The van der Waals surface area contributed by atoms with Gasteiger partial charge in [0.25, 0.3) is 0 Å². The standard InChI is InChI=1S/C59H38/c1-59(2)53-12-4-3-11-49(53)50-28-25-43(34-54(50)59)45-31-44(32-46(33-45)48-27-22-42-20-18-38-8-6-10-40-24-30-52(48)58(42)56(38)40)35-13-15-36(16-14-35)47-26-21-41-19-17-37-7-5-9-39-23-29-51(47)57(41)55(37)39/h3-34H,1-2H3/i1D3,2D3,3D,4D,11D,12D,25D,28D,34D. The maximum absolute atomic E-state index is 10.0. The summed E-state index contributed by atoms with van der Waals surface area (Å²) in [5.74, 6) is 0. The van der Waals surface area contributed by atoms with Crippen LogP contribution in [-0.4, -0.2) is 0 Å². The Kier molecular flexibility index (Phi) is 4.55. The van der Waals surface area contributed by atoms with E-state index in [1.54, 1.807) is 12.1 Å². The average Bonchev–Trinajstić information content (AvgIpc) is 3.73. The zero-order valence-electron chi connectivity index (χ0n) is 44.4. The Morgan fingerprint density at radius 2 is 0.831 bits per heavy atom. The van der Waals surface area contributed by atoms with E-state index >= 15 is 0 Å². The number of benzene rings is 12. The van der Waals surface area contributed by atoms with Crippen LogP contribution in [0.15, 0.2) is 194 Å². The van der Waals surface area contributed by atoms with Gasteiger partial charge in [0, 0.05) is 13.6 Å². The Morgan fingerprint density at radius 1 is 0.356 bits per heavy atom. The second-order valence-electron chi connectivity index (χ2n) is 15.8. The summed E-state index contributed by atoms with van der Waals surface area (Å²) in [6, 6.07) is 46.6. The van der Waals surface area contributed by atoms with Crippen molar-refractivity contribution in [1.29, 1.82) is 0 Å². The van der Waals surface area contributed by atoms with Crippen LogP contribution in [0.3, 0.4) is 0 Å². The Balaban J connectivity index is 1.07. The minimum Gasteiger partial charge on any atom is -0.0619 e. The van der Waals surface area contributed by atoms with Crippen molar-refractivity contribution in [2.75, 3.05) is 0 Å². The van der Waals surface area contributed by atoms with Crippen molar-refractivity contribution in [3.8, 4) is 55.6 Å².